The molecule has 1 heterocycles. The molecular weight excluding hydrogens is 238 g/mol. The number of nitrogens with zero attached hydrogens (tertiary/aromatic N) is 1. The molecule has 0 saturated heterocycles. The summed E-state index contributed by atoms with van der Waals surface area (Å²) in [6.07, 6.45) is 1.70. The third-order valence-corrected chi connectivity index (χ3v) is 3.29. The Labute approximate surface area is 113 Å². The van der Waals surface area contributed by atoms with E-state index in [0.29, 0.717) is 0 Å². The van der Waals surface area contributed by atoms with Crippen LogP contribution in [0.2, 0.25) is 0 Å². The molecule has 4 N–H and O–H groups in total. The smallest absolute Gasteiger partial charge is 0.0727 e. The van der Waals surface area contributed by atoms with Crippen molar-refractivity contribution in [3.05, 3.63) is 30.0 Å². The lowest BCUT2D eigenvalue weighted by molar-refractivity contribution is 0.278. The highest BCUT2D eigenvalue weighted by Gasteiger charge is 2.09. The average Bonchev–Trinajstić information content (AvgIpc) is 2.39. The van der Waals surface area contributed by atoms with Crippen molar-refractivity contribution in [2.75, 3.05) is 17.7 Å². The quantitative estimate of drug-likeness (QED) is 0.722. The number of rotatable bonds is 5. The molecule has 19 heavy (non-hydrogen) atoms. The second-order valence-electron chi connectivity index (χ2n) is 4.85. The third-order valence-electron chi connectivity index (χ3n) is 3.29. The lowest BCUT2D eigenvalue weighted by atomic mass is 10.1. The Morgan fingerprint density at radius 1 is 1.37 bits per heavy atom. The Kier molecular flexibility index (Phi) is 4.22. The number of hydrogen-bond acceptors (Lipinski definition) is 4. The first kappa shape index (κ1) is 13.6. The van der Waals surface area contributed by atoms with Crippen molar-refractivity contribution in [2.45, 2.75) is 32.7 Å². The van der Waals surface area contributed by atoms with Gasteiger partial charge >= 0.3 is 0 Å². The first-order valence-electron chi connectivity index (χ1n) is 6.68. The van der Waals surface area contributed by atoms with Gasteiger partial charge in [-0.15, -0.1) is 0 Å². The Hall–Kier alpha value is -1.81. The summed E-state index contributed by atoms with van der Waals surface area (Å²) >= 11 is 0. The molecule has 0 amide bonds. The molecule has 4 nitrogen and oxygen atoms in total. The predicted octanol–water partition coefficient (Wildman–Crippen LogP) is 2.70. The van der Waals surface area contributed by atoms with Crippen LogP contribution in [0.15, 0.2) is 24.3 Å². The van der Waals surface area contributed by atoms with Gasteiger partial charge in [0.15, 0.2) is 0 Å². The summed E-state index contributed by atoms with van der Waals surface area (Å²) in [5.41, 5.74) is 9.54. The zero-order valence-corrected chi connectivity index (χ0v) is 11.5. The van der Waals surface area contributed by atoms with Gasteiger partial charge in [0.05, 0.1) is 5.52 Å². The molecule has 1 aromatic heterocycles. The van der Waals surface area contributed by atoms with Gasteiger partial charge in [-0.05, 0) is 44.0 Å². The van der Waals surface area contributed by atoms with Crippen LogP contribution in [0.4, 0.5) is 11.4 Å². The minimum Gasteiger partial charge on any atom is -0.399 e. The fraction of sp³-hybridized carbons (Fsp3) is 0.400. The number of benzene rings is 1. The van der Waals surface area contributed by atoms with Crippen LogP contribution in [-0.2, 0) is 0 Å². The summed E-state index contributed by atoms with van der Waals surface area (Å²) in [7, 11) is 0. The van der Waals surface area contributed by atoms with Gasteiger partial charge in [-0.1, -0.05) is 6.92 Å². The number of aryl methyl sites for hydroxylation is 1. The van der Waals surface area contributed by atoms with E-state index in [9.17, 15) is 0 Å². The van der Waals surface area contributed by atoms with Crippen LogP contribution in [0.1, 0.15) is 25.5 Å². The standard InChI is InChI=1S/C15H21N3O/c1-3-12(6-7-19)18-15-8-10(2)17-14-5-4-11(16)9-13(14)15/h4-5,8-9,12,19H,3,6-7,16H2,1-2H3,(H,17,18). The Balaban J connectivity index is 2.43. The van der Waals surface area contributed by atoms with Crippen molar-refractivity contribution in [3.63, 3.8) is 0 Å². The van der Waals surface area contributed by atoms with E-state index in [4.69, 9.17) is 10.8 Å². The molecule has 0 aliphatic heterocycles. The molecule has 4 heteroatoms. The SMILES string of the molecule is CCC(CCO)Nc1cc(C)nc2ccc(N)cc12. The molecule has 0 fully saturated rings. The van der Waals surface area contributed by atoms with Crippen LogP contribution in [0.3, 0.4) is 0 Å². The predicted molar refractivity (Wildman–Crippen MR) is 80.3 cm³/mol. The summed E-state index contributed by atoms with van der Waals surface area (Å²) < 4.78 is 0. The Morgan fingerprint density at radius 3 is 2.84 bits per heavy atom. The van der Waals surface area contributed by atoms with Gasteiger partial charge in [-0.25, -0.2) is 0 Å². The van der Waals surface area contributed by atoms with E-state index >= 15 is 0 Å². The fourth-order valence-electron chi connectivity index (χ4n) is 2.25. The second kappa shape index (κ2) is 5.89. The molecule has 0 aliphatic rings. The molecular formula is C15H21N3O. The number of nitrogen functional groups attached to an aromatic ring is 1. The summed E-state index contributed by atoms with van der Waals surface area (Å²) in [6, 6.07) is 8.04. The minimum atomic E-state index is 0.190. The molecule has 2 rings (SSSR count). The molecule has 102 valence electrons. The highest BCUT2D eigenvalue weighted by Crippen LogP contribution is 2.26. The van der Waals surface area contributed by atoms with Crippen molar-refractivity contribution in [3.8, 4) is 0 Å². The van der Waals surface area contributed by atoms with E-state index in [2.05, 4.69) is 17.2 Å². The summed E-state index contributed by atoms with van der Waals surface area (Å²) in [4.78, 5) is 4.51. The molecule has 0 spiro atoms. The van der Waals surface area contributed by atoms with E-state index in [-0.39, 0.29) is 12.6 Å². The number of hydrogen-bond donors (Lipinski definition) is 3. The van der Waals surface area contributed by atoms with Crippen LogP contribution in [0, 0.1) is 6.92 Å². The van der Waals surface area contributed by atoms with Gasteiger partial charge in [0.1, 0.15) is 0 Å². The summed E-state index contributed by atoms with van der Waals surface area (Å²) in [6.45, 7) is 4.28. The number of pyridine rings is 1. The number of anilines is 2. The Morgan fingerprint density at radius 2 is 2.16 bits per heavy atom. The number of aliphatic hydroxyl groups is 1. The highest BCUT2D eigenvalue weighted by molar-refractivity contribution is 5.93. The number of nitrogens with two attached hydrogens (primary N) is 1. The van der Waals surface area contributed by atoms with E-state index in [0.717, 1.165) is 40.8 Å². The number of aromatic nitrogens is 1. The zero-order chi connectivity index (χ0) is 13.8. The van der Waals surface area contributed by atoms with Gasteiger partial charge in [0.2, 0.25) is 0 Å². The summed E-state index contributed by atoms with van der Waals surface area (Å²) in [5.74, 6) is 0. The van der Waals surface area contributed by atoms with Gasteiger partial charge < -0.3 is 16.2 Å². The average molecular weight is 259 g/mol. The highest BCUT2D eigenvalue weighted by atomic mass is 16.3. The molecule has 1 unspecified atom stereocenters. The molecule has 0 bridgehead atoms. The number of fused-ring (bicyclic) bond motifs is 1. The van der Waals surface area contributed by atoms with Crippen LogP contribution < -0.4 is 11.1 Å². The van der Waals surface area contributed by atoms with Gasteiger partial charge in [-0.3, -0.25) is 4.98 Å². The van der Waals surface area contributed by atoms with Crippen molar-refractivity contribution in [1.82, 2.24) is 4.98 Å². The van der Waals surface area contributed by atoms with E-state index in [1.54, 1.807) is 0 Å². The zero-order valence-electron chi connectivity index (χ0n) is 11.5. The van der Waals surface area contributed by atoms with E-state index in [1.165, 1.54) is 0 Å². The van der Waals surface area contributed by atoms with Crippen LogP contribution in [0.25, 0.3) is 10.9 Å². The van der Waals surface area contributed by atoms with E-state index < -0.39 is 0 Å². The molecule has 2 aromatic rings. The topological polar surface area (TPSA) is 71.2 Å². The minimum absolute atomic E-state index is 0.190. The fourth-order valence-corrected chi connectivity index (χ4v) is 2.25. The van der Waals surface area contributed by atoms with E-state index in [1.807, 2.05) is 31.2 Å². The number of aliphatic hydroxyl groups excluding tert-OH is 1. The lowest BCUT2D eigenvalue weighted by Gasteiger charge is -2.19. The van der Waals surface area contributed by atoms with Crippen molar-refractivity contribution in [1.29, 1.82) is 0 Å². The Bertz CT molecular complexity index is 569. The molecule has 0 radical (unpaired) electrons. The first-order chi connectivity index (χ1) is 9.13. The monoisotopic (exact) mass is 259 g/mol. The summed E-state index contributed by atoms with van der Waals surface area (Å²) in [5, 5.41) is 13.6. The second-order valence-corrected chi connectivity index (χ2v) is 4.85. The van der Waals surface area contributed by atoms with Gasteiger partial charge in [0, 0.05) is 35.1 Å². The van der Waals surface area contributed by atoms with Gasteiger partial charge in [0.25, 0.3) is 0 Å². The third kappa shape index (κ3) is 3.15. The number of nitrogens with one attached hydrogen (secondary N) is 1. The molecule has 1 aromatic carbocycles. The van der Waals surface area contributed by atoms with Crippen LogP contribution in [0.5, 0.6) is 0 Å². The normalized spacial score (nSPS) is 12.6. The van der Waals surface area contributed by atoms with Crippen LogP contribution in [-0.4, -0.2) is 22.7 Å². The maximum Gasteiger partial charge on any atom is 0.0727 e. The molecule has 0 saturated carbocycles. The first-order valence-corrected chi connectivity index (χ1v) is 6.68. The maximum absolute atomic E-state index is 9.09. The largest absolute Gasteiger partial charge is 0.399 e. The maximum atomic E-state index is 9.09. The van der Waals surface area contributed by atoms with Crippen LogP contribution >= 0.6 is 0 Å². The lowest BCUT2D eigenvalue weighted by Crippen LogP contribution is -2.20. The van der Waals surface area contributed by atoms with Crippen molar-refractivity contribution >= 4 is 22.3 Å². The molecule has 1 atom stereocenters. The van der Waals surface area contributed by atoms with Crippen molar-refractivity contribution < 1.29 is 5.11 Å². The van der Waals surface area contributed by atoms with Crippen molar-refractivity contribution in [2.24, 2.45) is 0 Å². The van der Waals surface area contributed by atoms with Gasteiger partial charge in [-0.2, -0.15) is 0 Å². The molecule has 0 aliphatic carbocycles.